The molecule has 4 saturated carbocycles. The van der Waals surface area contributed by atoms with Gasteiger partial charge >= 0.3 is 0 Å². The maximum Gasteiger partial charge on any atom is 0.261 e. The highest BCUT2D eigenvalue weighted by molar-refractivity contribution is 5.83. The lowest BCUT2D eigenvalue weighted by Gasteiger charge is -2.58. The molecule has 2 N–H and O–H groups in total. The second-order valence-corrected chi connectivity index (χ2v) is 8.62. The van der Waals surface area contributed by atoms with Gasteiger partial charge in [0.2, 0.25) is 0 Å². The van der Waals surface area contributed by atoms with Gasteiger partial charge < -0.3 is 14.9 Å². The molecule has 2 unspecified atom stereocenters. The summed E-state index contributed by atoms with van der Waals surface area (Å²) in [5.41, 5.74) is 3.77. The first-order valence-electron chi connectivity index (χ1n) is 9.63. The van der Waals surface area contributed by atoms with Gasteiger partial charge in [0.15, 0.2) is 6.33 Å². The fourth-order valence-corrected chi connectivity index (χ4v) is 6.19. The minimum atomic E-state index is -0.413. The van der Waals surface area contributed by atoms with Crippen molar-refractivity contribution >= 4 is 11.8 Å². The number of rotatable bonds is 3. The molecule has 0 aliphatic heterocycles. The Labute approximate surface area is 151 Å². The first-order valence-corrected chi connectivity index (χ1v) is 9.63. The van der Waals surface area contributed by atoms with Gasteiger partial charge in [-0.3, -0.25) is 4.98 Å². The van der Waals surface area contributed by atoms with Crippen molar-refractivity contribution in [3.63, 3.8) is 0 Å². The first-order chi connectivity index (χ1) is 12.7. The average Bonchev–Trinajstić information content (AvgIpc) is 3.27. The monoisotopic (exact) mass is 350 g/mol. The van der Waals surface area contributed by atoms with Crippen LogP contribution in [0.4, 0.5) is 5.69 Å². The molecule has 5 aliphatic rings. The largest absolute Gasteiger partial charge is 0.390 e. The fraction of sp³-hybridized carbons (Fsp3) is 0.550. The van der Waals surface area contributed by atoms with Crippen LogP contribution in [0.15, 0.2) is 23.1 Å². The van der Waals surface area contributed by atoms with Crippen molar-refractivity contribution in [1.82, 2.24) is 15.1 Å². The van der Waals surface area contributed by atoms with Crippen LogP contribution < -0.4 is 5.32 Å². The topological polar surface area (TPSA) is 84.1 Å². The lowest BCUT2D eigenvalue weighted by Crippen LogP contribution is -2.59. The SMILES string of the molecule is OC12CC3CC(C1)C(Nc1c(-c4ncno4)cnc4c1C=CC4)C(C3)C2. The predicted octanol–water partition coefficient (Wildman–Crippen LogP) is 3.05. The molecular formula is C20H22N4O2. The molecule has 2 aromatic heterocycles. The van der Waals surface area contributed by atoms with E-state index in [1.54, 1.807) is 0 Å². The molecule has 6 nitrogen and oxygen atoms in total. The Hall–Kier alpha value is -2.21. The molecule has 2 heterocycles. The lowest BCUT2D eigenvalue weighted by atomic mass is 9.52. The number of aliphatic hydroxyl groups is 1. The van der Waals surface area contributed by atoms with Gasteiger partial charge in [-0.2, -0.15) is 4.98 Å². The zero-order valence-corrected chi connectivity index (χ0v) is 14.6. The Morgan fingerprint density at radius 3 is 2.73 bits per heavy atom. The molecule has 134 valence electrons. The number of fused-ring (bicyclic) bond motifs is 1. The van der Waals surface area contributed by atoms with Gasteiger partial charge in [0, 0.05) is 24.2 Å². The first kappa shape index (κ1) is 14.9. The normalized spacial score (nSPS) is 36.5. The van der Waals surface area contributed by atoms with E-state index in [2.05, 4.69) is 32.6 Å². The summed E-state index contributed by atoms with van der Waals surface area (Å²) in [7, 11) is 0. The van der Waals surface area contributed by atoms with Crippen LogP contribution in [0.5, 0.6) is 0 Å². The van der Waals surface area contributed by atoms with Crippen molar-refractivity contribution in [1.29, 1.82) is 0 Å². The van der Waals surface area contributed by atoms with Crippen molar-refractivity contribution in [2.45, 2.75) is 50.2 Å². The van der Waals surface area contributed by atoms with Crippen LogP contribution in [0.1, 0.15) is 43.4 Å². The number of hydrogen-bond donors (Lipinski definition) is 2. The number of hydrogen-bond acceptors (Lipinski definition) is 6. The molecule has 4 fully saturated rings. The van der Waals surface area contributed by atoms with Crippen LogP contribution in [0, 0.1) is 17.8 Å². The molecular weight excluding hydrogens is 328 g/mol. The zero-order valence-electron chi connectivity index (χ0n) is 14.6. The number of nitrogens with zero attached hydrogens (tertiary/aromatic N) is 3. The summed E-state index contributed by atoms with van der Waals surface area (Å²) < 4.78 is 5.34. The highest BCUT2D eigenvalue weighted by Gasteiger charge is 2.54. The highest BCUT2D eigenvalue weighted by Crippen LogP contribution is 2.56. The van der Waals surface area contributed by atoms with Gasteiger partial charge in [-0.25, -0.2) is 0 Å². The third kappa shape index (κ3) is 2.11. The molecule has 2 atom stereocenters. The number of nitrogens with one attached hydrogen (secondary N) is 1. The molecule has 7 rings (SSSR count). The molecule has 0 amide bonds. The van der Waals surface area contributed by atoms with Gasteiger partial charge in [0.1, 0.15) is 0 Å². The van der Waals surface area contributed by atoms with Gasteiger partial charge in [0.05, 0.1) is 22.5 Å². The summed E-state index contributed by atoms with van der Waals surface area (Å²) in [6.45, 7) is 0. The van der Waals surface area contributed by atoms with E-state index in [9.17, 15) is 5.11 Å². The Bertz CT molecular complexity index is 875. The van der Waals surface area contributed by atoms with E-state index < -0.39 is 5.60 Å². The van der Waals surface area contributed by atoms with E-state index >= 15 is 0 Å². The lowest BCUT2D eigenvalue weighted by molar-refractivity contribution is -0.129. The van der Waals surface area contributed by atoms with Gasteiger partial charge in [-0.15, -0.1) is 0 Å². The molecule has 4 bridgehead atoms. The molecule has 6 heteroatoms. The second-order valence-electron chi connectivity index (χ2n) is 8.62. The number of aromatic nitrogens is 3. The maximum atomic E-state index is 10.9. The summed E-state index contributed by atoms with van der Waals surface area (Å²) in [4.78, 5) is 8.85. The van der Waals surface area contributed by atoms with Crippen LogP contribution in [0.25, 0.3) is 17.5 Å². The third-order valence-corrected chi connectivity index (χ3v) is 6.94. The van der Waals surface area contributed by atoms with Gasteiger partial charge in [0.25, 0.3) is 5.89 Å². The fourth-order valence-electron chi connectivity index (χ4n) is 6.19. The van der Waals surface area contributed by atoms with Crippen molar-refractivity contribution in [3.05, 3.63) is 29.9 Å². The zero-order chi connectivity index (χ0) is 17.3. The van der Waals surface area contributed by atoms with Crippen molar-refractivity contribution < 1.29 is 9.63 Å². The van der Waals surface area contributed by atoms with Crippen molar-refractivity contribution in [2.75, 3.05) is 5.32 Å². The van der Waals surface area contributed by atoms with Crippen LogP contribution in [0.2, 0.25) is 0 Å². The Morgan fingerprint density at radius 2 is 2.00 bits per heavy atom. The van der Waals surface area contributed by atoms with Crippen LogP contribution in [0.3, 0.4) is 0 Å². The smallest absolute Gasteiger partial charge is 0.261 e. The Morgan fingerprint density at radius 1 is 1.15 bits per heavy atom. The molecule has 0 aromatic carbocycles. The Balaban J connectivity index is 1.41. The van der Waals surface area contributed by atoms with Gasteiger partial charge in [-0.05, 0) is 49.9 Å². The number of allylic oxidation sites excluding steroid dienone is 1. The third-order valence-electron chi connectivity index (χ3n) is 6.94. The Kier molecular flexibility index (Phi) is 2.96. The summed E-state index contributed by atoms with van der Waals surface area (Å²) in [6, 6.07) is 0.397. The molecule has 0 spiro atoms. The second kappa shape index (κ2) is 5.16. The minimum absolute atomic E-state index is 0.397. The van der Waals surface area contributed by atoms with Gasteiger partial charge in [-0.1, -0.05) is 17.3 Å². The average molecular weight is 350 g/mol. The molecule has 5 aliphatic carbocycles. The summed E-state index contributed by atoms with van der Waals surface area (Å²) >= 11 is 0. The van der Waals surface area contributed by atoms with Crippen molar-refractivity contribution in [2.24, 2.45) is 17.8 Å². The number of pyridine rings is 1. The molecule has 2 aromatic rings. The number of anilines is 1. The van der Waals surface area contributed by atoms with E-state index in [4.69, 9.17) is 4.52 Å². The van der Waals surface area contributed by atoms with Crippen LogP contribution >= 0.6 is 0 Å². The van der Waals surface area contributed by atoms with E-state index in [1.807, 2.05) is 6.20 Å². The van der Waals surface area contributed by atoms with Crippen LogP contribution in [-0.2, 0) is 6.42 Å². The van der Waals surface area contributed by atoms with Crippen LogP contribution in [-0.4, -0.2) is 31.9 Å². The van der Waals surface area contributed by atoms with E-state index in [-0.39, 0.29) is 0 Å². The predicted molar refractivity (Wildman–Crippen MR) is 96.2 cm³/mol. The maximum absolute atomic E-state index is 10.9. The highest BCUT2D eigenvalue weighted by atomic mass is 16.5. The molecule has 0 radical (unpaired) electrons. The van der Waals surface area contributed by atoms with E-state index in [1.165, 1.54) is 19.2 Å². The van der Waals surface area contributed by atoms with Crippen molar-refractivity contribution in [3.8, 4) is 11.5 Å². The van der Waals surface area contributed by atoms with E-state index in [0.717, 1.165) is 48.2 Å². The minimum Gasteiger partial charge on any atom is -0.390 e. The van der Waals surface area contributed by atoms with E-state index in [0.29, 0.717) is 29.7 Å². The molecule has 0 saturated heterocycles. The standard InChI is InChI=1S/C20H22N4O2/c25-20-6-11-4-12(7-20)17(13(5-11)8-20)24-18-14-2-1-3-16(14)21-9-15(18)19-22-10-23-26-19/h1-2,9-13,17,25H,3-8H2,(H,21,24). The summed E-state index contributed by atoms with van der Waals surface area (Å²) in [6.07, 6.45) is 13.8. The molecule has 26 heavy (non-hydrogen) atoms. The summed E-state index contributed by atoms with van der Waals surface area (Å²) in [5.74, 6) is 2.28. The quantitative estimate of drug-likeness (QED) is 0.885. The summed E-state index contributed by atoms with van der Waals surface area (Å²) in [5, 5.41) is 18.5.